The predicted octanol–water partition coefficient (Wildman–Crippen LogP) is 11.5. The molecule has 8 aromatic rings. The van der Waals surface area contributed by atoms with Gasteiger partial charge in [-0.1, -0.05) is 134 Å². The molecule has 0 aliphatic carbocycles. The molecule has 2 heteroatoms. The third kappa shape index (κ3) is 4.23. The Bertz CT molecular complexity index is 2340. The molecule has 1 heterocycles. The minimum Gasteiger partial charge on any atom is -0.297 e. The number of benzene rings is 7. The minimum absolute atomic E-state index is 0.906. The van der Waals surface area contributed by atoms with Gasteiger partial charge in [0.15, 0.2) is 0 Å². The zero-order valence-electron chi connectivity index (χ0n) is 24.5. The number of aromatic nitrogens is 2. The summed E-state index contributed by atoms with van der Waals surface area (Å²) in [5.74, 6) is 0.906. The van der Waals surface area contributed by atoms with Gasteiger partial charge in [-0.3, -0.25) is 4.57 Å². The third-order valence-electron chi connectivity index (χ3n) is 8.55. The number of hydrogen-bond acceptors (Lipinski definition) is 1. The van der Waals surface area contributed by atoms with E-state index in [1.54, 1.807) is 0 Å². The van der Waals surface area contributed by atoms with E-state index in [2.05, 4.69) is 157 Å². The molecular formula is C42H30N2. The molecule has 7 aromatic carbocycles. The second kappa shape index (κ2) is 10.5. The van der Waals surface area contributed by atoms with Crippen molar-refractivity contribution in [1.82, 2.24) is 9.55 Å². The fraction of sp³-hybridized carbons (Fsp3) is 0.0238. The van der Waals surface area contributed by atoms with Crippen LogP contribution >= 0.6 is 0 Å². The van der Waals surface area contributed by atoms with Crippen LogP contribution in [0.1, 0.15) is 6.92 Å². The van der Waals surface area contributed by atoms with Crippen molar-refractivity contribution < 1.29 is 0 Å². The van der Waals surface area contributed by atoms with Gasteiger partial charge in [0.2, 0.25) is 0 Å². The Morgan fingerprint density at radius 1 is 0.477 bits per heavy atom. The summed E-state index contributed by atoms with van der Waals surface area (Å²) in [5, 5.41) is 5.01. The molecule has 0 radical (unpaired) electrons. The van der Waals surface area contributed by atoms with Crippen molar-refractivity contribution in [2.45, 2.75) is 6.92 Å². The molecule has 0 aliphatic rings. The van der Waals surface area contributed by atoms with Gasteiger partial charge < -0.3 is 0 Å². The minimum atomic E-state index is 0.906. The normalized spacial score (nSPS) is 11.4. The van der Waals surface area contributed by atoms with Gasteiger partial charge in [0.25, 0.3) is 0 Å². The number of rotatable bonds is 5. The number of imidazole rings is 1. The molecule has 2 nitrogen and oxygen atoms in total. The standard InChI is InChI=1S/C42H30N2/c1-28(2)44-39-23-12-11-22-38(39)43-42(44)33-19-13-18-31(26-33)32-24-25-36-37(27-32)41(30-16-7-4-8-17-30)35-21-10-9-20-34(35)40(36)29-14-5-3-6-15-29/h3-27H,1H2,2H3. The number of hydrogen-bond donors (Lipinski definition) is 0. The summed E-state index contributed by atoms with van der Waals surface area (Å²) in [6.45, 7) is 6.30. The molecule has 0 spiro atoms. The Morgan fingerprint density at radius 3 is 1.68 bits per heavy atom. The van der Waals surface area contributed by atoms with Crippen molar-refractivity contribution in [2.75, 3.05) is 0 Å². The van der Waals surface area contributed by atoms with Crippen LogP contribution < -0.4 is 0 Å². The molecule has 0 saturated carbocycles. The zero-order chi connectivity index (χ0) is 29.6. The van der Waals surface area contributed by atoms with Crippen molar-refractivity contribution in [3.8, 4) is 44.8 Å². The summed E-state index contributed by atoms with van der Waals surface area (Å²) in [6.07, 6.45) is 0. The molecule has 8 rings (SSSR count). The van der Waals surface area contributed by atoms with Crippen LogP contribution in [-0.4, -0.2) is 9.55 Å². The zero-order valence-corrected chi connectivity index (χ0v) is 24.5. The first-order valence-corrected chi connectivity index (χ1v) is 15.0. The van der Waals surface area contributed by atoms with Crippen molar-refractivity contribution in [2.24, 2.45) is 0 Å². The van der Waals surface area contributed by atoms with Crippen molar-refractivity contribution >= 4 is 38.3 Å². The molecule has 0 aliphatic heterocycles. The van der Waals surface area contributed by atoms with E-state index >= 15 is 0 Å². The molecular weight excluding hydrogens is 532 g/mol. The van der Waals surface area contributed by atoms with E-state index < -0.39 is 0 Å². The maximum atomic E-state index is 5.02. The highest BCUT2D eigenvalue weighted by molar-refractivity contribution is 6.22. The second-order valence-electron chi connectivity index (χ2n) is 11.4. The van der Waals surface area contributed by atoms with E-state index in [1.807, 2.05) is 13.0 Å². The average Bonchev–Trinajstić information content (AvgIpc) is 3.48. The fourth-order valence-corrected chi connectivity index (χ4v) is 6.63. The molecule has 0 N–H and O–H groups in total. The highest BCUT2D eigenvalue weighted by Crippen LogP contribution is 2.45. The van der Waals surface area contributed by atoms with Crippen molar-refractivity contribution in [3.05, 3.63) is 158 Å². The van der Waals surface area contributed by atoms with Gasteiger partial charge in [0.05, 0.1) is 11.0 Å². The van der Waals surface area contributed by atoms with Crippen LogP contribution in [0.15, 0.2) is 158 Å². The molecule has 44 heavy (non-hydrogen) atoms. The first kappa shape index (κ1) is 25.9. The smallest absolute Gasteiger partial charge is 0.145 e. The molecule has 0 bridgehead atoms. The highest BCUT2D eigenvalue weighted by atomic mass is 15.1. The SMILES string of the molecule is C=C(C)n1c(-c2cccc(-c3ccc4c(-c5ccccc5)c5ccccc5c(-c5ccccc5)c4c3)c2)nc2ccccc21. The number of para-hydroxylation sites is 2. The van der Waals surface area contributed by atoms with Crippen LogP contribution in [0.25, 0.3) is 83.0 Å². The van der Waals surface area contributed by atoms with E-state index in [-0.39, 0.29) is 0 Å². The maximum Gasteiger partial charge on any atom is 0.145 e. The Hall–Kier alpha value is -5.73. The molecule has 0 saturated heterocycles. The molecule has 0 atom stereocenters. The Kier molecular flexibility index (Phi) is 6.20. The Balaban J connectivity index is 1.39. The van der Waals surface area contributed by atoms with E-state index in [0.29, 0.717) is 0 Å². The first-order valence-electron chi connectivity index (χ1n) is 15.0. The molecule has 0 fully saturated rings. The topological polar surface area (TPSA) is 17.8 Å². The number of fused-ring (bicyclic) bond motifs is 3. The number of nitrogens with zero attached hydrogens (tertiary/aromatic N) is 2. The van der Waals surface area contributed by atoms with Crippen LogP contribution in [0.4, 0.5) is 0 Å². The van der Waals surface area contributed by atoms with Gasteiger partial charge in [0, 0.05) is 11.3 Å². The maximum absolute atomic E-state index is 5.02. The summed E-state index contributed by atoms with van der Waals surface area (Å²) in [6, 6.07) is 54.3. The Labute approximate surface area is 257 Å². The van der Waals surface area contributed by atoms with E-state index in [4.69, 9.17) is 4.98 Å². The first-order chi connectivity index (χ1) is 21.7. The van der Waals surface area contributed by atoms with Gasteiger partial charge in [0.1, 0.15) is 5.82 Å². The average molecular weight is 563 g/mol. The van der Waals surface area contributed by atoms with E-state index in [0.717, 1.165) is 33.7 Å². The summed E-state index contributed by atoms with van der Waals surface area (Å²) >= 11 is 0. The van der Waals surface area contributed by atoms with Crippen LogP contribution in [0.5, 0.6) is 0 Å². The molecule has 0 amide bonds. The molecule has 1 aromatic heterocycles. The monoisotopic (exact) mass is 562 g/mol. The van der Waals surface area contributed by atoms with Crippen LogP contribution in [0, 0.1) is 0 Å². The highest BCUT2D eigenvalue weighted by Gasteiger charge is 2.18. The van der Waals surface area contributed by atoms with Crippen LogP contribution in [0.2, 0.25) is 0 Å². The van der Waals surface area contributed by atoms with Crippen molar-refractivity contribution in [1.29, 1.82) is 0 Å². The second-order valence-corrected chi connectivity index (χ2v) is 11.4. The number of allylic oxidation sites excluding steroid dienone is 1. The third-order valence-corrected chi connectivity index (χ3v) is 8.55. The van der Waals surface area contributed by atoms with Gasteiger partial charge in [-0.2, -0.15) is 0 Å². The predicted molar refractivity (Wildman–Crippen MR) is 187 cm³/mol. The van der Waals surface area contributed by atoms with Gasteiger partial charge in [-0.05, 0) is 86.1 Å². The lowest BCUT2D eigenvalue weighted by atomic mass is 9.85. The fourth-order valence-electron chi connectivity index (χ4n) is 6.63. The van der Waals surface area contributed by atoms with Gasteiger partial charge >= 0.3 is 0 Å². The van der Waals surface area contributed by atoms with E-state index in [1.165, 1.54) is 49.4 Å². The van der Waals surface area contributed by atoms with E-state index in [9.17, 15) is 0 Å². The van der Waals surface area contributed by atoms with Crippen molar-refractivity contribution in [3.63, 3.8) is 0 Å². The summed E-state index contributed by atoms with van der Waals surface area (Å²) in [5.41, 5.74) is 11.3. The lowest BCUT2D eigenvalue weighted by molar-refractivity contribution is 1.13. The molecule has 0 unspecified atom stereocenters. The van der Waals surface area contributed by atoms with Gasteiger partial charge in [-0.25, -0.2) is 4.98 Å². The quantitative estimate of drug-likeness (QED) is 0.191. The summed E-state index contributed by atoms with van der Waals surface area (Å²) in [4.78, 5) is 5.02. The summed E-state index contributed by atoms with van der Waals surface area (Å²) in [7, 11) is 0. The Morgan fingerprint density at radius 2 is 1.00 bits per heavy atom. The largest absolute Gasteiger partial charge is 0.297 e. The lowest BCUT2D eigenvalue weighted by Gasteiger charge is -2.19. The molecule has 208 valence electrons. The lowest BCUT2D eigenvalue weighted by Crippen LogP contribution is -1.96. The summed E-state index contributed by atoms with van der Waals surface area (Å²) < 4.78 is 2.15. The van der Waals surface area contributed by atoms with Crippen LogP contribution in [-0.2, 0) is 0 Å². The van der Waals surface area contributed by atoms with Gasteiger partial charge in [-0.15, -0.1) is 0 Å². The van der Waals surface area contributed by atoms with Crippen LogP contribution in [0.3, 0.4) is 0 Å².